The third-order valence-corrected chi connectivity index (χ3v) is 8.41. The van der Waals surface area contributed by atoms with E-state index in [1.807, 2.05) is 27.7 Å². The lowest BCUT2D eigenvalue weighted by molar-refractivity contribution is 0.0373. The number of aliphatic hydroxyl groups is 1. The van der Waals surface area contributed by atoms with Crippen LogP contribution in [0.2, 0.25) is 0 Å². The summed E-state index contributed by atoms with van der Waals surface area (Å²) in [6, 6.07) is 0. The van der Waals surface area contributed by atoms with E-state index in [1.54, 1.807) is 6.92 Å². The Labute approximate surface area is 316 Å². The van der Waals surface area contributed by atoms with Gasteiger partial charge in [-0.05, 0) is 25.7 Å². The van der Waals surface area contributed by atoms with Crippen LogP contribution in [-0.4, -0.2) is 183 Å². The van der Waals surface area contributed by atoms with Gasteiger partial charge in [-0.1, -0.05) is 27.7 Å². The van der Waals surface area contributed by atoms with Crippen molar-refractivity contribution >= 4 is 114 Å². The van der Waals surface area contributed by atoms with Crippen molar-refractivity contribution in [1.82, 2.24) is 0 Å². The monoisotopic (exact) mass is 744 g/mol. The molecule has 0 bridgehead atoms. The molecular weight excluding hydrogens is 696 g/mol. The van der Waals surface area contributed by atoms with Crippen LogP contribution in [0.4, 0.5) is 9.59 Å². The molecule has 0 amide bonds. The van der Waals surface area contributed by atoms with E-state index in [2.05, 4.69) is 34.5 Å². The number of epoxide rings is 1. The second-order valence-corrected chi connectivity index (χ2v) is 15.3. The van der Waals surface area contributed by atoms with Gasteiger partial charge in [-0.25, -0.2) is 14.2 Å². The largest absolute Gasteiger partial charge is 0.534 e. The molecule has 14 radical (unpaired) electrons. The first-order valence-corrected chi connectivity index (χ1v) is 19.0. The average Bonchev–Trinajstić information content (AvgIpc) is 3.72. The molecule has 0 aromatic carbocycles. The van der Waals surface area contributed by atoms with Gasteiger partial charge >= 0.3 is 27.7 Å². The van der Waals surface area contributed by atoms with Gasteiger partial charge in [0.05, 0.1) is 59.0 Å². The summed E-state index contributed by atoms with van der Waals surface area (Å²) < 4.78 is 68.8. The molecule has 2 aliphatic heterocycles. The zero-order valence-electron chi connectivity index (χ0n) is 31.2. The smallest absolute Gasteiger partial charge is 0.438 e. The summed E-state index contributed by atoms with van der Waals surface area (Å²) in [5.74, 6) is 0.512. The lowest BCUT2D eigenvalue weighted by Gasteiger charge is -2.29. The van der Waals surface area contributed by atoms with Crippen molar-refractivity contribution in [3.05, 3.63) is 0 Å². The molecule has 2 rings (SSSR count). The summed E-state index contributed by atoms with van der Waals surface area (Å²) in [4.78, 5) is 21.5. The van der Waals surface area contributed by atoms with Crippen molar-refractivity contribution in [2.45, 2.75) is 53.8 Å². The Morgan fingerprint density at radius 3 is 1.53 bits per heavy atom. The zero-order chi connectivity index (χ0) is 40.4. The summed E-state index contributed by atoms with van der Waals surface area (Å²) in [5.41, 5.74) is 0. The number of phosphoric acid groups is 1. The van der Waals surface area contributed by atoms with Crippen LogP contribution < -0.4 is 0 Å². The van der Waals surface area contributed by atoms with Crippen LogP contribution in [0.3, 0.4) is 0 Å². The number of rotatable bonds is 15. The van der Waals surface area contributed by atoms with Gasteiger partial charge in [-0.15, -0.1) is 0 Å². The molecule has 2 fully saturated rings. The maximum absolute atomic E-state index is 11.8. The Balaban J connectivity index is -0.000000604. The fraction of sp³-hybridized carbons (Fsp3) is 0.909. The number of aliphatic hydroxyl groups excluding tert-OH is 1. The van der Waals surface area contributed by atoms with Crippen molar-refractivity contribution in [2.24, 2.45) is 11.8 Å². The molecule has 51 heavy (non-hydrogen) atoms. The molecule has 0 aromatic heterocycles. The molecule has 15 nitrogen and oxygen atoms in total. The standard InChI is InChI=1S/C10H21O7P.C6H12O3.C3H7O4P.C3H6O.B12/c1-8(2)6-15-10(11)17-18(12,14-5)16-7-9(3)13-4;1-5(2)4-9-6(7)8-3;4-3-8(5)6-1-2-7-8;1-3-2-4-3;1-8(2)11(7)12(9(3)4)10(5)6/h8-9H,6-7H2,1-5H3;5H,4H2,1-3H3;4H,1-3H2;3H,2H2,1H3;. The summed E-state index contributed by atoms with van der Waals surface area (Å²) in [6.45, 7) is 13.6. The van der Waals surface area contributed by atoms with Crippen LogP contribution in [0.15, 0.2) is 0 Å². The van der Waals surface area contributed by atoms with Crippen molar-refractivity contribution < 1.29 is 70.1 Å². The summed E-state index contributed by atoms with van der Waals surface area (Å²) in [6.07, 6.45) is -5.14. The highest BCUT2D eigenvalue weighted by atomic mass is 31.2. The van der Waals surface area contributed by atoms with Gasteiger partial charge in [0.25, 0.3) is 0 Å². The van der Waals surface area contributed by atoms with Crippen molar-refractivity contribution in [2.75, 3.05) is 67.3 Å². The molecule has 0 spiro atoms. The summed E-state index contributed by atoms with van der Waals surface area (Å²) >= 11 is 0. The highest BCUT2D eigenvalue weighted by Crippen LogP contribution is 2.50. The van der Waals surface area contributed by atoms with Gasteiger partial charge < -0.3 is 42.4 Å². The van der Waals surface area contributed by atoms with Gasteiger partial charge in [-0.3, -0.25) is 13.6 Å². The van der Waals surface area contributed by atoms with Gasteiger partial charge in [-0.2, -0.15) is 0 Å². The van der Waals surface area contributed by atoms with Crippen molar-refractivity contribution in [3.8, 4) is 0 Å². The predicted molar refractivity (Wildman–Crippen MR) is 209 cm³/mol. The quantitative estimate of drug-likeness (QED) is 0.103. The summed E-state index contributed by atoms with van der Waals surface area (Å²) in [5, 5.41) is 8.31. The van der Waals surface area contributed by atoms with Crippen LogP contribution in [0.5, 0.6) is 0 Å². The average molecular weight is 742 g/mol. The molecule has 2 saturated heterocycles. The summed E-state index contributed by atoms with van der Waals surface area (Å²) in [7, 11) is 34.8. The van der Waals surface area contributed by atoms with Crippen LogP contribution in [0.1, 0.15) is 41.5 Å². The molecule has 0 aromatic rings. The molecule has 1 N–H and O–H groups in total. The number of ether oxygens (including phenoxy) is 5. The normalized spacial score (nSPS) is 16.6. The van der Waals surface area contributed by atoms with E-state index in [9.17, 15) is 18.7 Å². The van der Waals surface area contributed by atoms with Crippen LogP contribution >= 0.6 is 15.4 Å². The van der Waals surface area contributed by atoms with E-state index < -0.39 is 66.0 Å². The SMILES string of the molecule is CC1CO1.COC(=O)OCC(C)C.COC(C)COP(=O)(OC)OC(=O)OCC(C)C.O=P1(CO)OCCO1.[B]B([B])B([B])B(B([B])[B])B([B])[B]. The van der Waals surface area contributed by atoms with Crippen molar-refractivity contribution in [1.29, 1.82) is 0 Å². The number of carbonyl (C=O) groups is 2. The Morgan fingerprint density at radius 2 is 1.27 bits per heavy atom. The van der Waals surface area contributed by atoms with Crippen LogP contribution in [0, 0.1) is 11.8 Å². The molecule has 2 aliphatic rings. The Bertz CT molecular complexity index is 985. The molecular formula is C22H46B12O15P2. The highest BCUT2D eigenvalue weighted by Gasteiger charge is 2.32. The van der Waals surface area contributed by atoms with E-state index in [1.165, 1.54) is 14.2 Å². The predicted octanol–water partition coefficient (Wildman–Crippen LogP) is 0.0386. The van der Waals surface area contributed by atoms with E-state index >= 15 is 0 Å². The second-order valence-electron chi connectivity index (χ2n) is 11.6. The van der Waals surface area contributed by atoms with E-state index in [-0.39, 0.29) is 25.2 Å². The van der Waals surface area contributed by atoms with Gasteiger partial charge in [0.15, 0.2) is 0 Å². The van der Waals surface area contributed by atoms with Gasteiger partial charge in [0.1, 0.15) is 6.35 Å². The third kappa shape index (κ3) is 32.6. The highest BCUT2D eigenvalue weighted by molar-refractivity contribution is 8.05. The van der Waals surface area contributed by atoms with Crippen LogP contribution in [-0.2, 0) is 55.4 Å². The van der Waals surface area contributed by atoms with E-state index in [4.69, 9.17) is 78.0 Å². The van der Waals surface area contributed by atoms with Gasteiger partial charge in [0, 0.05) is 100 Å². The Morgan fingerprint density at radius 1 is 0.843 bits per heavy atom. The fourth-order valence-corrected chi connectivity index (χ4v) is 4.42. The number of hydrogen-bond donors (Lipinski definition) is 1. The first-order valence-electron chi connectivity index (χ1n) is 15.8. The minimum atomic E-state index is -3.94. The molecule has 3 unspecified atom stereocenters. The third-order valence-electron chi connectivity index (χ3n) is 5.63. The molecule has 3 atom stereocenters. The Kier molecular flexibility index (Phi) is 33.1. The molecule has 270 valence electrons. The number of hydrogen-bond acceptors (Lipinski definition) is 15. The molecule has 29 heteroatoms. The molecule has 0 aliphatic carbocycles. The minimum Gasteiger partial charge on any atom is -0.438 e. The topological polar surface area (TPSA) is 184 Å². The van der Waals surface area contributed by atoms with E-state index in [0.717, 1.165) is 13.7 Å². The first kappa shape index (κ1) is 54.8. The molecule has 0 saturated carbocycles. The molecule has 2 heterocycles. The Hall–Kier alpha value is -0.501. The van der Waals surface area contributed by atoms with Gasteiger partial charge in [0.2, 0.25) is 0 Å². The maximum atomic E-state index is 11.8. The maximum Gasteiger partial charge on any atom is 0.534 e. The van der Waals surface area contributed by atoms with Crippen LogP contribution in [0.25, 0.3) is 0 Å². The minimum absolute atomic E-state index is 0.0287. The first-order chi connectivity index (χ1) is 23.5. The second kappa shape index (κ2) is 30.8. The van der Waals surface area contributed by atoms with Crippen molar-refractivity contribution in [3.63, 3.8) is 0 Å². The number of methoxy groups -OCH3 is 2. The zero-order valence-corrected chi connectivity index (χ0v) is 33.0. The lowest BCUT2D eigenvalue weighted by Crippen LogP contribution is -2.67. The van der Waals surface area contributed by atoms with E-state index in [0.29, 0.717) is 31.8 Å². The number of carbonyl (C=O) groups excluding carboxylic acids is 2. The fourth-order valence-electron chi connectivity index (χ4n) is 2.62. The lowest BCUT2D eigenvalue weighted by atomic mass is 8.53. The number of phosphoric ester groups is 1.